The number of likely N-dealkylation sites (tertiary alicyclic amines) is 1. The van der Waals surface area contributed by atoms with Crippen LogP contribution in [0.2, 0.25) is 0 Å². The van der Waals surface area contributed by atoms with Gasteiger partial charge in [0.25, 0.3) is 0 Å². The molecular formula is C35H54N6O2. The van der Waals surface area contributed by atoms with Gasteiger partial charge in [0, 0.05) is 49.7 Å². The number of ether oxygens (including phenoxy) is 2. The summed E-state index contributed by atoms with van der Waals surface area (Å²) in [6.07, 6.45) is 8.52. The van der Waals surface area contributed by atoms with Gasteiger partial charge in [0.2, 0.25) is 0 Å². The van der Waals surface area contributed by atoms with Gasteiger partial charge in [-0.25, -0.2) is 0 Å². The number of nitrogens with one attached hydrogen (secondary N) is 3. The third kappa shape index (κ3) is 9.22. The van der Waals surface area contributed by atoms with Crippen LogP contribution >= 0.6 is 0 Å². The molecule has 8 heteroatoms. The summed E-state index contributed by atoms with van der Waals surface area (Å²) < 4.78 is 11.6. The summed E-state index contributed by atoms with van der Waals surface area (Å²) >= 11 is 0. The molecule has 2 aromatic rings. The Morgan fingerprint density at radius 3 is 2.33 bits per heavy atom. The van der Waals surface area contributed by atoms with Gasteiger partial charge in [-0.3, -0.25) is 5.32 Å². The molecule has 1 unspecified atom stereocenters. The molecule has 0 amide bonds. The highest BCUT2D eigenvalue weighted by atomic mass is 16.5. The number of hydrogen-bond acceptors (Lipinski definition) is 8. The molecule has 0 spiro atoms. The van der Waals surface area contributed by atoms with Crippen molar-refractivity contribution in [3.05, 3.63) is 53.7 Å². The van der Waals surface area contributed by atoms with E-state index < -0.39 is 0 Å². The zero-order chi connectivity index (χ0) is 31.0. The van der Waals surface area contributed by atoms with E-state index in [-0.39, 0.29) is 6.29 Å². The lowest BCUT2D eigenvalue weighted by molar-refractivity contribution is 0.141. The van der Waals surface area contributed by atoms with Crippen molar-refractivity contribution in [2.75, 3.05) is 56.7 Å². The Morgan fingerprint density at radius 2 is 1.70 bits per heavy atom. The van der Waals surface area contributed by atoms with Crippen LogP contribution < -0.4 is 36.1 Å². The predicted octanol–water partition coefficient (Wildman–Crippen LogP) is 5.80. The minimum absolute atomic E-state index is 0.123. The van der Waals surface area contributed by atoms with Crippen molar-refractivity contribution in [3.63, 3.8) is 0 Å². The van der Waals surface area contributed by atoms with Crippen LogP contribution in [0.1, 0.15) is 77.8 Å². The molecule has 8 nitrogen and oxygen atoms in total. The van der Waals surface area contributed by atoms with E-state index in [1.165, 1.54) is 50.9 Å². The topological polar surface area (TPSA) is 87.0 Å². The highest BCUT2D eigenvalue weighted by Crippen LogP contribution is 2.33. The molecule has 0 saturated carbocycles. The first-order valence-corrected chi connectivity index (χ1v) is 16.3. The van der Waals surface area contributed by atoms with E-state index >= 15 is 0 Å². The van der Waals surface area contributed by atoms with Gasteiger partial charge < -0.3 is 35.6 Å². The maximum absolute atomic E-state index is 5.79. The Hall–Kier alpha value is -3.54. The number of nitrogens with zero attached hydrogens (tertiary/aromatic N) is 2. The molecule has 2 fully saturated rings. The maximum atomic E-state index is 5.79. The van der Waals surface area contributed by atoms with Crippen LogP contribution in [-0.4, -0.2) is 63.7 Å². The first-order chi connectivity index (χ1) is 21.2. The molecule has 0 aromatic heterocycles. The number of piperidine rings is 2. The summed E-state index contributed by atoms with van der Waals surface area (Å²) in [6, 6.07) is 15.7. The smallest absolute Gasteiger partial charge is 0.152 e. The number of nitrogens with two attached hydrogens (primary N) is 1. The third-order valence-electron chi connectivity index (χ3n) is 8.00. The summed E-state index contributed by atoms with van der Waals surface area (Å²) in [7, 11) is 1.74. The highest BCUT2D eigenvalue weighted by Gasteiger charge is 2.26. The minimum Gasteiger partial charge on any atom is -0.495 e. The Balaban J connectivity index is 0.00000121. The lowest BCUT2D eigenvalue weighted by Crippen LogP contribution is -2.49. The van der Waals surface area contributed by atoms with Crippen molar-refractivity contribution in [3.8, 4) is 23.5 Å². The van der Waals surface area contributed by atoms with Crippen LogP contribution in [0.25, 0.3) is 5.57 Å². The maximum Gasteiger partial charge on any atom is 0.152 e. The third-order valence-corrected chi connectivity index (χ3v) is 8.00. The Kier molecular flexibility index (Phi) is 14.4. The van der Waals surface area contributed by atoms with Crippen LogP contribution in [0.15, 0.2) is 42.6 Å². The zero-order valence-electron chi connectivity index (χ0n) is 27.3. The van der Waals surface area contributed by atoms with Crippen molar-refractivity contribution >= 4 is 16.9 Å². The molecule has 3 aliphatic rings. The van der Waals surface area contributed by atoms with E-state index in [2.05, 4.69) is 55.9 Å². The van der Waals surface area contributed by atoms with Crippen LogP contribution in [0.4, 0.5) is 11.4 Å². The number of rotatable bonds is 8. The first-order valence-electron chi connectivity index (χ1n) is 16.3. The van der Waals surface area contributed by atoms with Gasteiger partial charge in [0.05, 0.1) is 25.0 Å². The van der Waals surface area contributed by atoms with Crippen molar-refractivity contribution in [1.82, 2.24) is 15.5 Å². The van der Waals surface area contributed by atoms with Gasteiger partial charge in [0.1, 0.15) is 11.5 Å². The van der Waals surface area contributed by atoms with Crippen molar-refractivity contribution in [2.24, 2.45) is 5.73 Å². The molecule has 2 aromatic carbocycles. The molecule has 5 N–H and O–H groups in total. The normalized spacial score (nSPS) is 18.7. The standard InChI is InChI=1S/C31H42N6O2.2C2H6/c1-3-39-29-19-24(8-7-23(29)11-14-32)25-21-33-31(34-22-25)35-28-10-9-27(20-30(28)38-2)37-17-12-26(13-18-37)36-15-5-4-6-16-36;2*1-2/h7-10,19-21,26,31,33-35H,3-6,12-13,15-18,22,32H2,1-2H3;2*1-2H3. The monoisotopic (exact) mass is 590 g/mol. The Morgan fingerprint density at radius 1 is 0.953 bits per heavy atom. The fourth-order valence-corrected chi connectivity index (χ4v) is 5.89. The fourth-order valence-electron chi connectivity index (χ4n) is 5.89. The number of methoxy groups -OCH3 is 1. The summed E-state index contributed by atoms with van der Waals surface area (Å²) in [4.78, 5) is 5.22. The van der Waals surface area contributed by atoms with Crippen LogP contribution in [-0.2, 0) is 0 Å². The van der Waals surface area contributed by atoms with Gasteiger partial charge >= 0.3 is 0 Å². The van der Waals surface area contributed by atoms with Gasteiger partial charge in [0.15, 0.2) is 6.29 Å². The molecule has 43 heavy (non-hydrogen) atoms. The molecular weight excluding hydrogens is 536 g/mol. The second kappa shape index (κ2) is 18.2. The quantitative estimate of drug-likeness (QED) is 0.227. The summed E-state index contributed by atoms with van der Waals surface area (Å²) in [6.45, 7) is 16.0. The summed E-state index contributed by atoms with van der Waals surface area (Å²) in [5.41, 5.74) is 10.6. The van der Waals surface area contributed by atoms with Gasteiger partial charge in [-0.2, -0.15) is 0 Å². The fraction of sp³-hybridized carbons (Fsp3) is 0.543. The molecule has 236 valence electrons. The van der Waals surface area contributed by atoms with Crippen molar-refractivity contribution < 1.29 is 9.47 Å². The number of anilines is 2. The van der Waals surface area contributed by atoms with Gasteiger partial charge in [-0.1, -0.05) is 40.2 Å². The SMILES string of the molecule is CC.CC.CCOc1cc(C2=CNC(Nc3ccc(N4CCC(N5CCCCC5)CC4)cc3OC)NC2)ccc1C#CN. The molecule has 3 heterocycles. The molecule has 0 aliphatic carbocycles. The van der Waals surface area contributed by atoms with Crippen LogP contribution in [0.3, 0.4) is 0 Å². The van der Waals surface area contributed by atoms with Gasteiger partial charge in [-0.15, -0.1) is 0 Å². The van der Waals surface area contributed by atoms with E-state index in [4.69, 9.17) is 15.2 Å². The first kappa shape index (κ1) is 34.0. The highest BCUT2D eigenvalue weighted by molar-refractivity contribution is 5.71. The van der Waals surface area contributed by atoms with E-state index in [1.807, 2.05) is 59.0 Å². The van der Waals surface area contributed by atoms with Crippen molar-refractivity contribution in [2.45, 2.75) is 79.1 Å². The largest absolute Gasteiger partial charge is 0.495 e. The number of hydrogen-bond donors (Lipinski definition) is 4. The second-order valence-electron chi connectivity index (χ2n) is 10.4. The van der Waals surface area contributed by atoms with Crippen LogP contribution in [0.5, 0.6) is 11.5 Å². The lowest BCUT2D eigenvalue weighted by Gasteiger charge is -2.41. The molecule has 5 rings (SSSR count). The van der Waals surface area contributed by atoms with E-state index in [1.54, 1.807) is 7.11 Å². The molecule has 2 saturated heterocycles. The van der Waals surface area contributed by atoms with Gasteiger partial charge in [-0.05, 0) is 87.0 Å². The molecule has 0 bridgehead atoms. The average Bonchev–Trinajstić information content (AvgIpc) is 3.08. The molecule has 1 atom stereocenters. The molecule has 3 aliphatic heterocycles. The van der Waals surface area contributed by atoms with Crippen LogP contribution in [0, 0.1) is 12.0 Å². The summed E-state index contributed by atoms with van der Waals surface area (Å²) in [5, 5.41) is 10.5. The van der Waals surface area contributed by atoms with E-state index in [0.717, 1.165) is 53.0 Å². The second-order valence-corrected chi connectivity index (χ2v) is 10.4. The predicted molar refractivity (Wildman–Crippen MR) is 182 cm³/mol. The van der Waals surface area contributed by atoms with E-state index in [0.29, 0.717) is 13.2 Å². The Bertz CT molecular complexity index is 1210. The Labute approximate surface area is 260 Å². The zero-order valence-corrected chi connectivity index (χ0v) is 27.3. The average molecular weight is 591 g/mol. The van der Waals surface area contributed by atoms with Crippen molar-refractivity contribution in [1.29, 1.82) is 0 Å². The lowest BCUT2D eigenvalue weighted by atomic mass is 9.99. The minimum atomic E-state index is -0.123. The molecule has 0 radical (unpaired) electrons. The summed E-state index contributed by atoms with van der Waals surface area (Å²) in [5.74, 6) is 4.50. The van der Waals surface area contributed by atoms with E-state index in [9.17, 15) is 0 Å². The number of benzene rings is 2.